The van der Waals surface area contributed by atoms with Gasteiger partial charge in [-0.25, -0.2) is 4.79 Å². The fourth-order valence-corrected chi connectivity index (χ4v) is 1.99. The van der Waals surface area contributed by atoms with Crippen LogP contribution in [0.3, 0.4) is 0 Å². The second-order valence-corrected chi connectivity index (χ2v) is 3.89. The van der Waals surface area contributed by atoms with Crippen LogP contribution >= 0.6 is 11.6 Å². The van der Waals surface area contributed by atoms with Crippen molar-refractivity contribution in [3.8, 4) is 5.75 Å². The maximum absolute atomic E-state index is 11.4. The van der Waals surface area contributed by atoms with Crippen LogP contribution in [0.2, 0.25) is 5.02 Å². The molecular formula is C13H11ClO3. The Balaban J connectivity index is 2.61. The van der Waals surface area contributed by atoms with Crippen LogP contribution in [0, 0.1) is 0 Å². The Kier molecular flexibility index (Phi) is 3.20. The highest BCUT2D eigenvalue weighted by Gasteiger charge is 2.09. The number of fused-ring (bicyclic) bond motifs is 1. The number of hydrogen-bond acceptors (Lipinski definition) is 3. The number of ether oxygens (including phenoxy) is 2. The van der Waals surface area contributed by atoms with E-state index in [2.05, 4.69) is 4.74 Å². The highest BCUT2D eigenvalue weighted by molar-refractivity contribution is 6.37. The molecule has 0 amide bonds. The minimum Gasteiger partial charge on any atom is -0.495 e. The summed E-state index contributed by atoms with van der Waals surface area (Å²) in [7, 11) is 2.92. The van der Waals surface area contributed by atoms with Crippen LogP contribution in [-0.4, -0.2) is 20.2 Å². The molecule has 0 unspecified atom stereocenters. The minimum absolute atomic E-state index is 0.362. The summed E-state index contributed by atoms with van der Waals surface area (Å²) in [5.41, 5.74) is 0.501. The Morgan fingerprint density at radius 2 is 1.94 bits per heavy atom. The van der Waals surface area contributed by atoms with Crippen LogP contribution < -0.4 is 4.74 Å². The summed E-state index contributed by atoms with van der Waals surface area (Å²) in [6.07, 6.45) is 0. The van der Waals surface area contributed by atoms with Crippen molar-refractivity contribution in [1.82, 2.24) is 0 Å². The smallest absolute Gasteiger partial charge is 0.337 e. The fourth-order valence-electron chi connectivity index (χ4n) is 1.67. The molecule has 0 N–H and O–H groups in total. The van der Waals surface area contributed by atoms with Gasteiger partial charge in [0.2, 0.25) is 0 Å². The maximum Gasteiger partial charge on any atom is 0.337 e. The van der Waals surface area contributed by atoms with E-state index in [0.717, 1.165) is 10.8 Å². The predicted molar refractivity (Wildman–Crippen MR) is 66.8 cm³/mol. The quantitative estimate of drug-likeness (QED) is 0.768. The predicted octanol–water partition coefficient (Wildman–Crippen LogP) is 3.29. The van der Waals surface area contributed by atoms with Gasteiger partial charge < -0.3 is 9.47 Å². The van der Waals surface area contributed by atoms with E-state index in [4.69, 9.17) is 16.3 Å². The van der Waals surface area contributed by atoms with Crippen molar-refractivity contribution in [2.45, 2.75) is 0 Å². The number of hydrogen-bond donors (Lipinski definition) is 0. The van der Waals surface area contributed by atoms with Gasteiger partial charge in [0.1, 0.15) is 5.75 Å². The summed E-state index contributed by atoms with van der Waals surface area (Å²) in [5, 5.41) is 2.26. The summed E-state index contributed by atoms with van der Waals surface area (Å²) < 4.78 is 9.79. The van der Waals surface area contributed by atoms with Crippen molar-refractivity contribution in [1.29, 1.82) is 0 Å². The third kappa shape index (κ3) is 2.06. The van der Waals surface area contributed by atoms with Crippen LogP contribution in [0.25, 0.3) is 10.8 Å². The van der Waals surface area contributed by atoms with E-state index in [-0.39, 0.29) is 5.97 Å². The van der Waals surface area contributed by atoms with E-state index in [9.17, 15) is 4.79 Å². The Morgan fingerprint density at radius 1 is 1.18 bits per heavy atom. The highest BCUT2D eigenvalue weighted by Crippen LogP contribution is 2.32. The van der Waals surface area contributed by atoms with Gasteiger partial charge in [-0.05, 0) is 23.6 Å². The van der Waals surface area contributed by atoms with E-state index < -0.39 is 0 Å². The number of rotatable bonds is 2. The van der Waals surface area contributed by atoms with Crippen molar-refractivity contribution < 1.29 is 14.3 Å². The van der Waals surface area contributed by atoms with Crippen molar-refractivity contribution in [2.24, 2.45) is 0 Å². The van der Waals surface area contributed by atoms with Gasteiger partial charge in [-0.15, -0.1) is 0 Å². The molecule has 0 bridgehead atoms. The normalized spacial score (nSPS) is 10.3. The molecule has 0 atom stereocenters. The molecule has 4 heteroatoms. The Bertz CT molecular complexity index is 578. The number of halogens is 1. The largest absolute Gasteiger partial charge is 0.495 e. The lowest BCUT2D eigenvalue weighted by Crippen LogP contribution is -2.00. The lowest BCUT2D eigenvalue weighted by atomic mass is 10.1. The lowest BCUT2D eigenvalue weighted by molar-refractivity contribution is 0.0601. The first-order valence-electron chi connectivity index (χ1n) is 5.02. The molecule has 0 radical (unpaired) electrons. The number of carbonyl (C=O) groups is 1. The SMILES string of the molecule is COC(=O)c1ccc2c(Cl)c(OC)ccc2c1. The topological polar surface area (TPSA) is 35.5 Å². The number of esters is 1. The van der Waals surface area contributed by atoms with Crippen LogP contribution in [-0.2, 0) is 4.74 Å². The Hall–Kier alpha value is -1.74. The second-order valence-electron chi connectivity index (χ2n) is 3.51. The second kappa shape index (κ2) is 4.63. The van der Waals surface area contributed by atoms with Gasteiger partial charge in [0.15, 0.2) is 0 Å². The highest BCUT2D eigenvalue weighted by atomic mass is 35.5. The molecule has 0 aromatic heterocycles. The average Bonchev–Trinajstić information content (AvgIpc) is 2.38. The molecular weight excluding hydrogens is 240 g/mol. The first-order valence-corrected chi connectivity index (χ1v) is 5.39. The zero-order valence-corrected chi connectivity index (χ0v) is 10.2. The number of benzene rings is 2. The molecule has 0 aliphatic carbocycles. The van der Waals surface area contributed by atoms with Crippen molar-refractivity contribution >= 4 is 28.3 Å². The molecule has 2 aromatic rings. The standard InChI is InChI=1S/C13H11ClO3/c1-16-11-6-4-8-7-9(13(15)17-2)3-5-10(8)12(11)14/h3-7H,1-2H3. The maximum atomic E-state index is 11.4. The van der Waals surface area contributed by atoms with Gasteiger partial charge >= 0.3 is 5.97 Å². The van der Waals surface area contributed by atoms with Crippen LogP contribution in [0.15, 0.2) is 30.3 Å². The number of carbonyl (C=O) groups excluding carboxylic acids is 1. The Labute approximate surface area is 104 Å². The Morgan fingerprint density at radius 3 is 2.59 bits per heavy atom. The van der Waals surface area contributed by atoms with E-state index in [1.54, 1.807) is 31.4 Å². The van der Waals surface area contributed by atoms with E-state index in [1.165, 1.54) is 7.11 Å². The monoisotopic (exact) mass is 250 g/mol. The van der Waals surface area contributed by atoms with Crippen molar-refractivity contribution in [2.75, 3.05) is 14.2 Å². The summed E-state index contributed by atoms with van der Waals surface area (Å²) in [4.78, 5) is 11.4. The van der Waals surface area contributed by atoms with Gasteiger partial charge in [0.05, 0.1) is 24.8 Å². The van der Waals surface area contributed by atoms with Gasteiger partial charge in [-0.3, -0.25) is 0 Å². The summed E-state index contributed by atoms with van der Waals surface area (Å²) >= 11 is 6.17. The molecule has 2 rings (SSSR count). The van der Waals surface area contributed by atoms with Crippen molar-refractivity contribution in [3.63, 3.8) is 0 Å². The molecule has 0 aliphatic heterocycles. The number of methoxy groups -OCH3 is 2. The van der Waals surface area contributed by atoms with Crippen molar-refractivity contribution in [3.05, 3.63) is 40.9 Å². The van der Waals surface area contributed by atoms with Gasteiger partial charge in [0.25, 0.3) is 0 Å². The molecule has 17 heavy (non-hydrogen) atoms. The first-order chi connectivity index (χ1) is 8.17. The van der Waals surface area contributed by atoms with E-state index >= 15 is 0 Å². The molecule has 3 nitrogen and oxygen atoms in total. The summed E-state index contributed by atoms with van der Waals surface area (Å²) in [6.45, 7) is 0. The van der Waals surface area contributed by atoms with Crippen LogP contribution in [0.4, 0.5) is 0 Å². The van der Waals surface area contributed by atoms with Crippen LogP contribution in [0.1, 0.15) is 10.4 Å². The third-order valence-electron chi connectivity index (χ3n) is 2.56. The molecule has 0 aliphatic rings. The molecule has 0 saturated heterocycles. The average molecular weight is 251 g/mol. The van der Waals surface area contributed by atoms with Gasteiger partial charge in [-0.2, -0.15) is 0 Å². The molecule has 88 valence electrons. The minimum atomic E-state index is -0.362. The van der Waals surface area contributed by atoms with E-state index in [1.807, 2.05) is 6.07 Å². The first kappa shape index (κ1) is 11.7. The van der Waals surface area contributed by atoms with E-state index in [0.29, 0.717) is 16.3 Å². The molecule has 0 fully saturated rings. The molecule has 0 saturated carbocycles. The zero-order valence-electron chi connectivity index (χ0n) is 9.49. The molecule has 0 heterocycles. The lowest BCUT2D eigenvalue weighted by Gasteiger charge is -2.07. The van der Waals surface area contributed by atoms with Gasteiger partial charge in [0, 0.05) is 5.39 Å². The summed E-state index contributed by atoms with van der Waals surface area (Å²) in [5.74, 6) is 0.254. The zero-order chi connectivity index (χ0) is 12.4. The van der Waals surface area contributed by atoms with Crippen LogP contribution in [0.5, 0.6) is 5.75 Å². The third-order valence-corrected chi connectivity index (χ3v) is 2.95. The fraction of sp³-hybridized carbons (Fsp3) is 0.154. The molecule has 0 spiro atoms. The van der Waals surface area contributed by atoms with Gasteiger partial charge in [-0.1, -0.05) is 23.7 Å². The summed E-state index contributed by atoms with van der Waals surface area (Å²) in [6, 6.07) is 8.83. The molecule has 2 aromatic carbocycles.